The number of likely N-dealkylation sites (tertiary alicyclic amines) is 1. The van der Waals surface area contributed by atoms with E-state index >= 15 is 0 Å². The van der Waals surface area contributed by atoms with Crippen LogP contribution in [0.5, 0.6) is 0 Å². The molecule has 22 heavy (non-hydrogen) atoms. The Morgan fingerprint density at radius 3 is 2.55 bits per heavy atom. The molecule has 1 heterocycles. The van der Waals surface area contributed by atoms with Gasteiger partial charge in [-0.05, 0) is 31.9 Å². The van der Waals surface area contributed by atoms with E-state index in [1.807, 2.05) is 25.1 Å². The Labute approximate surface area is 131 Å². The Morgan fingerprint density at radius 1 is 1.23 bits per heavy atom. The SMILES string of the molecule is CNC(=O)CC1[C@@H](O)[C@H](O)[C@@H](C)N1CCCc1ccccc1. The Morgan fingerprint density at radius 2 is 1.91 bits per heavy atom. The third-order valence-electron chi connectivity index (χ3n) is 4.59. The summed E-state index contributed by atoms with van der Waals surface area (Å²) >= 11 is 0. The first-order valence-electron chi connectivity index (χ1n) is 7.91. The fourth-order valence-electron chi connectivity index (χ4n) is 3.22. The van der Waals surface area contributed by atoms with Crippen molar-refractivity contribution in [2.45, 2.75) is 50.5 Å². The van der Waals surface area contributed by atoms with Crippen molar-refractivity contribution in [1.29, 1.82) is 0 Å². The number of amides is 1. The Hall–Kier alpha value is -1.43. The summed E-state index contributed by atoms with van der Waals surface area (Å²) in [7, 11) is 1.59. The third kappa shape index (κ3) is 3.85. The third-order valence-corrected chi connectivity index (χ3v) is 4.59. The van der Waals surface area contributed by atoms with Crippen molar-refractivity contribution in [3.05, 3.63) is 35.9 Å². The van der Waals surface area contributed by atoms with Crippen molar-refractivity contribution in [2.24, 2.45) is 0 Å². The Kier molecular flexibility index (Phi) is 5.94. The summed E-state index contributed by atoms with van der Waals surface area (Å²) in [5.74, 6) is -0.113. The molecule has 1 fully saturated rings. The molecular weight excluding hydrogens is 280 g/mol. The van der Waals surface area contributed by atoms with Gasteiger partial charge in [0.25, 0.3) is 0 Å². The molecule has 1 unspecified atom stereocenters. The van der Waals surface area contributed by atoms with Gasteiger partial charge in [-0.3, -0.25) is 9.69 Å². The first-order valence-corrected chi connectivity index (χ1v) is 7.91. The summed E-state index contributed by atoms with van der Waals surface area (Å²) in [6.07, 6.45) is 0.418. The predicted octanol–water partition coefficient (Wildman–Crippen LogP) is 0.550. The molecule has 0 saturated carbocycles. The molecule has 1 amide bonds. The lowest BCUT2D eigenvalue weighted by Crippen LogP contribution is -2.41. The lowest BCUT2D eigenvalue weighted by atomic mass is 10.1. The van der Waals surface area contributed by atoms with E-state index in [1.54, 1.807) is 7.05 Å². The molecule has 0 radical (unpaired) electrons. The average molecular weight is 306 g/mol. The van der Waals surface area contributed by atoms with Gasteiger partial charge in [0.15, 0.2) is 0 Å². The zero-order chi connectivity index (χ0) is 16.1. The van der Waals surface area contributed by atoms with Gasteiger partial charge in [-0.25, -0.2) is 0 Å². The van der Waals surface area contributed by atoms with Crippen molar-refractivity contribution in [3.63, 3.8) is 0 Å². The predicted molar refractivity (Wildman–Crippen MR) is 85.4 cm³/mol. The second-order valence-corrected chi connectivity index (χ2v) is 5.99. The molecule has 0 spiro atoms. The van der Waals surface area contributed by atoms with Crippen LogP contribution < -0.4 is 5.32 Å². The minimum Gasteiger partial charge on any atom is -0.389 e. The maximum atomic E-state index is 11.6. The van der Waals surface area contributed by atoms with Crippen LogP contribution in [0.25, 0.3) is 0 Å². The molecule has 4 atom stereocenters. The first kappa shape index (κ1) is 16.9. The molecular formula is C17H26N2O3. The molecule has 1 aromatic carbocycles. The number of hydrogen-bond acceptors (Lipinski definition) is 4. The minimum absolute atomic E-state index is 0.113. The lowest BCUT2D eigenvalue weighted by molar-refractivity contribution is -0.122. The van der Waals surface area contributed by atoms with Crippen molar-refractivity contribution < 1.29 is 15.0 Å². The molecule has 5 nitrogen and oxygen atoms in total. The van der Waals surface area contributed by atoms with E-state index < -0.39 is 12.2 Å². The van der Waals surface area contributed by atoms with Gasteiger partial charge in [0.05, 0.1) is 12.2 Å². The molecule has 0 aliphatic carbocycles. The smallest absolute Gasteiger partial charge is 0.221 e. The van der Waals surface area contributed by atoms with Crippen LogP contribution in [0.2, 0.25) is 0 Å². The number of benzene rings is 1. The van der Waals surface area contributed by atoms with Crippen LogP contribution in [0.15, 0.2) is 30.3 Å². The van der Waals surface area contributed by atoms with Crippen LogP contribution in [-0.4, -0.2) is 58.9 Å². The highest BCUT2D eigenvalue weighted by atomic mass is 16.3. The van der Waals surface area contributed by atoms with Gasteiger partial charge in [-0.1, -0.05) is 30.3 Å². The average Bonchev–Trinajstić information content (AvgIpc) is 2.73. The van der Waals surface area contributed by atoms with Crippen LogP contribution in [0, 0.1) is 0 Å². The van der Waals surface area contributed by atoms with Gasteiger partial charge in [0.2, 0.25) is 5.91 Å². The summed E-state index contributed by atoms with van der Waals surface area (Å²) in [6.45, 7) is 2.66. The van der Waals surface area contributed by atoms with Gasteiger partial charge < -0.3 is 15.5 Å². The van der Waals surface area contributed by atoms with Gasteiger partial charge in [0.1, 0.15) is 0 Å². The van der Waals surface area contributed by atoms with Crippen molar-refractivity contribution >= 4 is 5.91 Å². The van der Waals surface area contributed by atoms with Crippen LogP contribution in [0.3, 0.4) is 0 Å². The quantitative estimate of drug-likeness (QED) is 0.718. The second-order valence-electron chi connectivity index (χ2n) is 5.99. The van der Waals surface area contributed by atoms with Crippen LogP contribution in [0.1, 0.15) is 25.3 Å². The Bertz CT molecular complexity index is 480. The monoisotopic (exact) mass is 306 g/mol. The molecule has 122 valence electrons. The summed E-state index contributed by atoms with van der Waals surface area (Å²) < 4.78 is 0. The van der Waals surface area contributed by atoms with Gasteiger partial charge in [0, 0.05) is 25.6 Å². The standard InChI is InChI=1S/C17H26N2O3/c1-12-16(21)17(22)14(11-15(20)18-2)19(12)10-6-9-13-7-4-3-5-8-13/h3-5,7-8,12,14,16-17,21-22H,6,9-11H2,1-2H3,(H,18,20)/t12-,14?,16-,17-/m1/s1. The van der Waals surface area contributed by atoms with Crippen LogP contribution in [0.4, 0.5) is 0 Å². The number of aliphatic hydroxyl groups excluding tert-OH is 2. The highest BCUT2D eigenvalue weighted by molar-refractivity contribution is 5.76. The Balaban J connectivity index is 1.94. The number of aryl methyl sites for hydroxylation is 1. The summed E-state index contributed by atoms with van der Waals surface area (Å²) in [5.41, 5.74) is 1.28. The summed E-state index contributed by atoms with van der Waals surface area (Å²) in [5, 5.41) is 22.9. The molecule has 1 saturated heterocycles. The maximum absolute atomic E-state index is 11.6. The fraction of sp³-hybridized carbons (Fsp3) is 0.588. The van der Waals surface area contributed by atoms with E-state index in [0.717, 1.165) is 19.4 Å². The molecule has 0 bridgehead atoms. The van der Waals surface area contributed by atoms with Gasteiger partial charge in [-0.15, -0.1) is 0 Å². The van der Waals surface area contributed by atoms with E-state index in [1.165, 1.54) is 5.56 Å². The van der Waals surface area contributed by atoms with Crippen molar-refractivity contribution in [2.75, 3.05) is 13.6 Å². The van der Waals surface area contributed by atoms with Crippen LogP contribution in [-0.2, 0) is 11.2 Å². The highest BCUT2D eigenvalue weighted by Crippen LogP contribution is 2.27. The molecule has 1 aromatic rings. The van der Waals surface area contributed by atoms with E-state index in [4.69, 9.17) is 0 Å². The molecule has 5 heteroatoms. The molecule has 1 aliphatic rings. The fourth-order valence-corrected chi connectivity index (χ4v) is 3.22. The number of carbonyl (C=O) groups is 1. The number of hydrogen-bond donors (Lipinski definition) is 3. The minimum atomic E-state index is -0.871. The first-order chi connectivity index (χ1) is 10.5. The zero-order valence-electron chi connectivity index (χ0n) is 13.3. The normalized spacial score (nSPS) is 28.7. The maximum Gasteiger partial charge on any atom is 0.221 e. The molecule has 3 N–H and O–H groups in total. The zero-order valence-corrected chi connectivity index (χ0v) is 13.3. The van der Waals surface area contributed by atoms with Gasteiger partial charge >= 0.3 is 0 Å². The second kappa shape index (κ2) is 7.72. The number of aliphatic hydroxyl groups is 2. The van der Waals surface area contributed by atoms with Gasteiger partial charge in [-0.2, -0.15) is 0 Å². The molecule has 0 aromatic heterocycles. The van der Waals surface area contributed by atoms with E-state index in [9.17, 15) is 15.0 Å². The molecule has 2 rings (SSSR count). The number of nitrogens with one attached hydrogen (secondary N) is 1. The van der Waals surface area contributed by atoms with Crippen molar-refractivity contribution in [1.82, 2.24) is 10.2 Å². The topological polar surface area (TPSA) is 72.8 Å². The lowest BCUT2D eigenvalue weighted by Gasteiger charge is -2.28. The van der Waals surface area contributed by atoms with E-state index in [-0.39, 0.29) is 24.4 Å². The number of nitrogens with zero attached hydrogens (tertiary/aromatic N) is 1. The van der Waals surface area contributed by atoms with E-state index in [0.29, 0.717) is 0 Å². The van der Waals surface area contributed by atoms with Crippen molar-refractivity contribution in [3.8, 4) is 0 Å². The summed E-state index contributed by atoms with van der Waals surface area (Å²) in [4.78, 5) is 13.7. The highest BCUT2D eigenvalue weighted by Gasteiger charge is 2.45. The van der Waals surface area contributed by atoms with Crippen LogP contribution >= 0.6 is 0 Å². The largest absolute Gasteiger partial charge is 0.389 e. The number of carbonyl (C=O) groups excluding carboxylic acids is 1. The molecule has 1 aliphatic heterocycles. The summed E-state index contributed by atoms with van der Waals surface area (Å²) in [6, 6.07) is 9.78. The van der Waals surface area contributed by atoms with E-state index in [2.05, 4.69) is 22.3 Å². The number of rotatable bonds is 6.